The molecule has 5 nitrogen and oxygen atoms in total. The minimum Gasteiger partial charge on any atom is -0.369 e. The van der Waals surface area contributed by atoms with Crippen LogP contribution in [0.1, 0.15) is 5.69 Å². The highest BCUT2D eigenvalue weighted by molar-refractivity contribution is 7.98. The second-order valence-electron chi connectivity index (χ2n) is 3.08. The highest BCUT2D eigenvalue weighted by atomic mass is 32.2. The number of H-pyrrole nitrogens is 1. The van der Waals surface area contributed by atoms with Gasteiger partial charge in [0.05, 0.1) is 10.7 Å². The number of nitrogen functional groups attached to an aromatic ring is 1. The summed E-state index contributed by atoms with van der Waals surface area (Å²) >= 11 is 1.51. The summed E-state index contributed by atoms with van der Waals surface area (Å²) in [5.41, 5.74) is 5.85. The van der Waals surface area contributed by atoms with Gasteiger partial charge in [-0.15, -0.1) is 11.8 Å². The molecular formula is C10H10N4OS. The van der Waals surface area contributed by atoms with Crippen LogP contribution < -0.4 is 11.3 Å². The first-order valence-corrected chi connectivity index (χ1v) is 5.62. The summed E-state index contributed by atoms with van der Waals surface area (Å²) in [6, 6.07) is 7.11. The van der Waals surface area contributed by atoms with Crippen LogP contribution in [0.25, 0.3) is 0 Å². The summed E-state index contributed by atoms with van der Waals surface area (Å²) in [6.45, 7) is 0. The van der Waals surface area contributed by atoms with Crippen LogP contribution in [0.3, 0.4) is 0 Å². The van der Waals surface area contributed by atoms with Crippen LogP contribution in [-0.2, 0) is 5.75 Å². The first kappa shape index (κ1) is 10.7. The number of aromatic amines is 1. The molecule has 0 saturated heterocycles. The Hall–Kier alpha value is -1.82. The van der Waals surface area contributed by atoms with Gasteiger partial charge in [-0.1, -0.05) is 6.07 Å². The van der Waals surface area contributed by atoms with Crippen molar-refractivity contribution in [3.8, 4) is 0 Å². The molecule has 3 N–H and O–H groups in total. The van der Waals surface area contributed by atoms with Gasteiger partial charge in [-0.05, 0) is 12.1 Å². The van der Waals surface area contributed by atoms with E-state index in [0.717, 1.165) is 5.03 Å². The second kappa shape index (κ2) is 4.80. The van der Waals surface area contributed by atoms with Crippen molar-refractivity contribution in [2.24, 2.45) is 0 Å². The second-order valence-corrected chi connectivity index (χ2v) is 4.07. The maximum absolute atomic E-state index is 11.1. The Bertz CT molecular complexity index is 526. The van der Waals surface area contributed by atoms with Crippen LogP contribution in [-0.4, -0.2) is 15.0 Å². The number of hydrogen-bond donors (Lipinski definition) is 2. The van der Waals surface area contributed by atoms with Crippen LogP contribution in [0.5, 0.6) is 0 Å². The van der Waals surface area contributed by atoms with Crippen LogP contribution in [0.2, 0.25) is 0 Å². The molecule has 2 rings (SSSR count). The van der Waals surface area contributed by atoms with E-state index in [1.165, 1.54) is 17.8 Å². The molecule has 0 amide bonds. The van der Waals surface area contributed by atoms with Crippen molar-refractivity contribution in [2.45, 2.75) is 10.8 Å². The van der Waals surface area contributed by atoms with Gasteiger partial charge in [-0.3, -0.25) is 9.78 Å². The molecule has 0 atom stereocenters. The summed E-state index contributed by atoms with van der Waals surface area (Å²) in [4.78, 5) is 21.7. The summed E-state index contributed by atoms with van der Waals surface area (Å²) in [7, 11) is 0. The number of aromatic nitrogens is 3. The van der Waals surface area contributed by atoms with Crippen molar-refractivity contribution in [2.75, 3.05) is 5.73 Å². The molecule has 0 spiro atoms. The number of pyridine rings is 1. The third-order valence-electron chi connectivity index (χ3n) is 1.82. The minimum atomic E-state index is -0.232. The van der Waals surface area contributed by atoms with Crippen LogP contribution in [0.15, 0.2) is 40.3 Å². The number of rotatable bonds is 3. The van der Waals surface area contributed by atoms with Crippen molar-refractivity contribution in [3.05, 3.63) is 46.5 Å². The van der Waals surface area contributed by atoms with Gasteiger partial charge in [0.1, 0.15) is 0 Å². The van der Waals surface area contributed by atoms with Crippen molar-refractivity contribution in [3.63, 3.8) is 0 Å². The lowest BCUT2D eigenvalue weighted by Crippen LogP contribution is -2.11. The summed E-state index contributed by atoms with van der Waals surface area (Å²) in [5.74, 6) is 0.717. The number of nitrogens with one attached hydrogen (secondary N) is 1. The predicted molar refractivity (Wildman–Crippen MR) is 63.1 cm³/mol. The molecule has 6 heteroatoms. The van der Waals surface area contributed by atoms with E-state index in [1.54, 1.807) is 6.20 Å². The normalized spacial score (nSPS) is 10.2. The number of nitrogens with two attached hydrogens (primary N) is 1. The van der Waals surface area contributed by atoms with Gasteiger partial charge in [-0.25, -0.2) is 9.97 Å². The number of anilines is 1. The van der Waals surface area contributed by atoms with Gasteiger partial charge >= 0.3 is 0 Å². The SMILES string of the molecule is Nc1nc(CSc2ccccn2)cc(=O)[nH]1. The average Bonchev–Trinajstić information content (AvgIpc) is 2.27. The molecule has 0 bridgehead atoms. The summed E-state index contributed by atoms with van der Waals surface area (Å²) in [6.07, 6.45) is 1.72. The van der Waals surface area contributed by atoms with Gasteiger partial charge in [0.15, 0.2) is 0 Å². The van der Waals surface area contributed by atoms with Crippen molar-refractivity contribution in [1.29, 1.82) is 0 Å². The lowest BCUT2D eigenvalue weighted by Gasteiger charge is -2.00. The molecule has 0 unspecified atom stereocenters. The summed E-state index contributed by atoms with van der Waals surface area (Å²) in [5, 5.41) is 0.892. The highest BCUT2D eigenvalue weighted by Gasteiger charge is 2.00. The molecular weight excluding hydrogens is 224 g/mol. The first-order chi connectivity index (χ1) is 7.74. The van der Waals surface area contributed by atoms with E-state index in [9.17, 15) is 4.79 Å². The van der Waals surface area contributed by atoms with E-state index in [-0.39, 0.29) is 11.5 Å². The van der Waals surface area contributed by atoms with Gasteiger partial charge in [0.25, 0.3) is 5.56 Å². The molecule has 0 aliphatic carbocycles. The largest absolute Gasteiger partial charge is 0.369 e. The van der Waals surface area contributed by atoms with E-state index < -0.39 is 0 Å². The zero-order chi connectivity index (χ0) is 11.4. The predicted octanol–water partition coefficient (Wildman–Crippen LogP) is 1.04. The Morgan fingerprint density at radius 1 is 1.44 bits per heavy atom. The fourth-order valence-corrected chi connectivity index (χ4v) is 1.94. The monoisotopic (exact) mass is 234 g/mol. The van der Waals surface area contributed by atoms with Crippen molar-refractivity contribution < 1.29 is 0 Å². The van der Waals surface area contributed by atoms with Crippen molar-refractivity contribution >= 4 is 17.7 Å². The smallest absolute Gasteiger partial charge is 0.252 e. The van der Waals surface area contributed by atoms with Gasteiger partial charge < -0.3 is 5.73 Å². The molecule has 2 heterocycles. The molecule has 2 aromatic rings. The molecule has 0 radical (unpaired) electrons. The van der Waals surface area contributed by atoms with Crippen molar-refractivity contribution in [1.82, 2.24) is 15.0 Å². The van der Waals surface area contributed by atoms with E-state index >= 15 is 0 Å². The highest BCUT2D eigenvalue weighted by Crippen LogP contribution is 2.18. The lowest BCUT2D eigenvalue weighted by atomic mass is 10.4. The quantitative estimate of drug-likeness (QED) is 0.775. The fraction of sp³-hybridized carbons (Fsp3) is 0.100. The van der Waals surface area contributed by atoms with Gasteiger partial charge in [-0.2, -0.15) is 0 Å². The lowest BCUT2D eigenvalue weighted by molar-refractivity contribution is 1.06. The Labute approximate surface area is 96.1 Å². The third kappa shape index (κ3) is 2.83. The Morgan fingerprint density at radius 3 is 3.00 bits per heavy atom. The van der Waals surface area contributed by atoms with Crippen LogP contribution in [0.4, 0.5) is 5.95 Å². The van der Waals surface area contributed by atoms with E-state index in [0.29, 0.717) is 11.4 Å². The third-order valence-corrected chi connectivity index (χ3v) is 2.80. The van der Waals surface area contributed by atoms with Gasteiger partial charge in [0, 0.05) is 18.0 Å². The topological polar surface area (TPSA) is 84.7 Å². The standard InChI is InChI=1S/C10H10N4OS/c11-10-13-7(5-8(15)14-10)6-16-9-3-1-2-4-12-9/h1-5H,6H2,(H3,11,13,14,15). The zero-order valence-electron chi connectivity index (χ0n) is 8.38. The average molecular weight is 234 g/mol. The van der Waals surface area contributed by atoms with E-state index in [2.05, 4.69) is 15.0 Å². The van der Waals surface area contributed by atoms with E-state index in [1.807, 2.05) is 18.2 Å². The zero-order valence-corrected chi connectivity index (χ0v) is 9.20. The fourth-order valence-electron chi connectivity index (χ4n) is 1.18. The maximum atomic E-state index is 11.1. The molecule has 16 heavy (non-hydrogen) atoms. The maximum Gasteiger partial charge on any atom is 0.252 e. The Kier molecular flexibility index (Phi) is 3.21. The Balaban J connectivity index is 2.08. The molecule has 0 fully saturated rings. The van der Waals surface area contributed by atoms with Crippen LogP contribution >= 0.6 is 11.8 Å². The van der Waals surface area contributed by atoms with Gasteiger partial charge in [0.2, 0.25) is 5.95 Å². The molecule has 2 aromatic heterocycles. The number of hydrogen-bond acceptors (Lipinski definition) is 5. The molecule has 82 valence electrons. The summed E-state index contributed by atoms with van der Waals surface area (Å²) < 4.78 is 0. The van der Waals surface area contributed by atoms with E-state index in [4.69, 9.17) is 5.73 Å². The molecule has 0 aromatic carbocycles. The molecule has 0 aliphatic rings. The number of nitrogens with zero attached hydrogens (tertiary/aromatic N) is 2. The molecule has 0 saturated carbocycles. The minimum absolute atomic E-state index is 0.143. The van der Waals surface area contributed by atoms with Crippen LogP contribution in [0, 0.1) is 0 Å². The first-order valence-electron chi connectivity index (χ1n) is 4.63. The Morgan fingerprint density at radius 2 is 2.31 bits per heavy atom. The number of thioether (sulfide) groups is 1. The molecule has 0 aliphatic heterocycles.